The third-order valence-corrected chi connectivity index (χ3v) is 7.76. The summed E-state index contributed by atoms with van der Waals surface area (Å²) >= 11 is 0. The van der Waals surface area contributed by atoms with Gasteiger partial charge in [-0.05, 0) is 49.7 Å². The number of nitrogens with one attached hydrogen (secondary N) is 1. The average molecular weight is 538 g/mol. The fraction of sp³-hybridized carbons (Fsp3) is 0.375. The number of aromatic nitrogens is 2. The predicted molar refractivity (Wildman–Crippen MR) is 133 cm³/mol. The summed E-state index contributed by atoms with van der Waals surface area (Å²) in [6, 6.07) is 5.89. The highest BCUT2D eigenvalue weighted by molar-refractivity contribution is 7.91. The van der Waals surface area contributed by atoms with Crippen LogP contribution in [0.4, 0.5) is 24.7 Å². The van der Waals surface area contributed by atoms with Crippen molar-refractivity contribution in [3.05, 3.63) is 52.8 Å². The number of sulfone groups is 1. The summed E-state index contributed by atoms with van der Waals surface area (Å²) in [5, 5.41) is 3.62. The fourth-order valence-corrected chi connectivity index (χ4v) is 5.38. The normalized spacial score (nSPS) is 16.4. The summed E-state index contributed by atoms with van der Waals surface area (Å²) in [5.41, 5.74) is 5.81. The molecule has 198 valence electrons. The van der Waals surface area contributed by atoms with Gasteiger partial charge in [-0.25, -0.2) is 18.4 Å². The Balaban J connectivity index is 1.70. The number of nitrogens with zero attached hydrogens (tertiary/aromatic N) is 3. The zero-order chi connectivity index (χ0) is 27.1. The van der Waals surface area contributed by atoms with Gasteiger partial charge in [-0.3, -0.25) is 4.79 Å². The molecule has 2 aromatic carbocycles. The zero-order valence-corrected chi connectivity index (χ0v) is 21.2. The standard InChI is InChI=1S/C24H26F3N5O4S/c1-13(15-8-16(24(25,26)27)10-17(28)9-15)29-22-18-12-21(36-3)19(11-20(18)30-14(2)31-22)23(33)32-4-6-37(34,35)7-5-32/h8-13H,4-7,28H2,1-3H3,(H,29,30,31)/t13-/m1/s1. The van der Waals surface area contributed by atoms with Crippen molar-refractivity contribution in [1.29, 1.82) is 0 Å². The minimum Gasteiger partial charge on any atom is -0.496 e. The number of fused-ring (bicyclic) bond motifs is 1. The van der Waals surface area contributed by atoms with Gasteiger partial charge in [0.25, 0.3) is 5.91 Å². The van der Waals surface area contributed by atoms with Gasteiger partial charge in [0.05, 0.1) is 41.3 Å². The molecule has 1 aromatic heterocycles. The van der Waals surface area contributed by atoms with E-state index in [0.29, 0.717) is 28.1 Å². The monoisotopic (exact) mass is 537 g/mol. The Bertz CT molecular complexity index is 1460. The highest BCUT2D eigenvalue weighted by Gasteiger charge is 2.32. The third kappa shape index (κ3) is 5.71. The largest absolute Gasteiger partial charge is 0.496 e. The van der Waals surface area contributed by atoms with Crippen molar-refractivity contribution < 1.29 is 31.1 Å². The van der Waals surface area contributed by atoms with Crippen LogP contribution in [0.3, 0.4) is 0 Å². The average Bonchev–Trinajstić information content (AvgIpc) is 2.81. The first-order valence-corrected chi connectivity index (χ1v) is 13.2. The molecular weight excluding hydrogens is 511 g/mol. The highest BCUT2D eigenvalue weighted by atomic mass is 32.2. The third-order valence-electron chi connectivity index (χ3n) is 6.15. The van der Waals surface area contributed by atoms with E-state index in [4.69, 9.17) is 10.5 Å². The van der Waals surface area contributed by atoms with E-state index in [0.717, 1.165) is 12.1 Å². The number of rotatable bonds is 5. The van der Waals surface area contributed by atoms with E-state index in [-0.39, 0.29) is 47.5 Å². The molecule has 0 unspecified atom stereocenters. The molecule has 0 spiro atoms. The molecule has 2 heterocycles. The Morgan fingerprint density at radius 1 is 1.14 bits per heavy atom. The van der Waals surface area contributed by atoms with E-state index in [1.165, 1.54) is 18.1 Å². The Morgan fingerprint density at radius 3 is 2.43 bits per heavy atom. The van der Waals surface area contributed by atoms with E-state index in [9.17, 15) is 26.4 Å². The fourth-order valence-electron chi connectivity index (χ4n) is 4.18. The van der Waals surface area contributed by atoms with Crippen LogP contribution in [0, 0.1) is 6.92 Å². The quantitative estimate of drug-likeness (QED) is 0.473. The molecule has 3 aromatic rings. The number of aryl methyl sites for hydroxylation is 1. The molecule has 3 N–H and O–H groups in total. The molecule has 0 saturated carbocycles. The number of halogens is 3. The minimum atomic E-state index is -4.54. The number of hydrogen-bond acceptors (Lipinski definition) is 8. The number of anilines is 2. The van der Waals surface area contributed by atoms with Gasteiger partial charge in [0.1, 0.15) is 17.4 Å². The highest BCUT2D eigenvalue weighted by Crippen LogP contribution is 2.35. The van der Waals surface area contributed by atoms with Crippen LogP contribution in [-0.4, -0.2) is 60.9 Å². The predicted octanol–water partition coefficient (Wildman–Crippen LogP) is 3.59. The van der Waals surface area contributed by atoms with E-state index in [2.05, 4.69) is 15.3 Å². The van der Waals surface area contributed by atoms with Gasteiger partial charge in [-0.2, -0.15) is 13.2 Å². The van der Waals surface area contributed by atoms with Crippen LogP contribution < -0.4 is 15.8 Å². The lowest BCUT2D eigenvalue weighted by atomic mass is 10.0. The maximum atomic E-state index is 13.3. The lowest BCUT2D eigenvalue weighted by Crippen LogP contribution is -2.43. The van der Waals surface area contributed by atoms with Crippen molar-refractivity contribution in [2.45, 2.75) is 26.1 Å². The van der Waals surface area contributed by atoms with Crippen LogP contribution in [0.5, 0.6) is 5.75 Å². The van der Waals surface area contributed by atoms with Gasteiger partial charge in [0.15, 0.2) is 9.84 Å². The summed E-state index contributed by atoms with van der Waals surface area (Å²) in [5.74, 6) is 0.347. The lowest BCUT2D eigenvalue weighted by molar-refractivity contribution is -0.137. The molecule has 0 bridgehead atoms. The molecule has 1 fully saturated rings. The second kappa shape index (κ2) is 9.69. The number of methoxy groups -OCH3 is 1. The number of nitrogens with two attached hydrogens (primary N) is 1. The van der Waals surface area contributed by atoms with E-state index < -0.39 is 27.6 Å². The van der Waals surface area contributed by atoms with Crippen molar-refractivity contribution in [3.63, 3.8) is 0 Å². The van der Waals surface area contributed by atoms with Crippen molar-refractivity contribution >= 4 is 38.2 Å². The molecule has 4 rings (SSSR count). The maximum Gasteiger partial charge on any atom is 0.416 e. The Hall–Kier alpha value is -3.61. The van der Waals surface area contributed by atoms with Gasteiger partial charge >= 0.3 is 6.18 Å². The van der Waals surface area contributed by atoms with Crippen molar-refractivity contribution in [1.82, 2.24) is 14.9 Å². The van der Waals surface area contributed by atoms with Gasteiger partial charge in [-0.15, -0.1) is 0 Å². The number of ether oxygens (including phenoxy) is 1. The van der Waals surface area contributed by atoms with E-state index in [1.54, 1.807) is 26.0 Å². The van der Waals surface area contributed by atoms with E-state index in [1.807, 2.05) is 0 Å². The number of hydrogen-bond donors (Lipinski definition) is 2. The SMILES string of the molecule is COc1cc2c(N[C@H](C)c3cc(N)cc(C(F)(F)F)c3)nc(C)nc2cc1C(=O)N1CCS(=O)(=O)CC1. The molecule has 37 heavy (non-hydrogen) atoms. The van der Waals surface area contributed by atoms with Crippen LogP contribution in [-0.2, 0) is 16.0 Å². The summed E-state index contributed by atoms with van der Waals surface area (Å²) in [6.07, 6.45) is -4.54. The molecule has 13 heteroatoms. The molecule has 9 nitrogen and oxygen atoms in total. The van der Waals surface area contributed by atoms with Crippen molar-refractivity contribution in [2.75, 3.05) is 42.8 Å². The Morgan fingerprint density at radius 2 is 1.81 bits per heavy atom. The Labute approximate surface area is 211 Å². The first-order chi connectivity index (χ1) is 17.3. The number of amides is 1. The molecule has 1 amide bonds. The van der Waals surface area contributed by atoms with Gasteiger partial charge in [-0.1, -0.05) is 0 Å². The first-order valence-electron chi connectivity index (χ1n) is 11.4. The number of nitrogen functional groups attached to an aromatic ring is 1. The summed E-state index contributed by atoms with van der Waals surface area (Å²) in [4.78, 5) is 23.5. The van der Waals surface area contributed by atoms with Crippen molar-refractivity contribution in [2.24, 2.45) is 0 Å². The topological polar surface area (TPSA) is 128 Å². The number of carbonyl (C=O) groups excluding carboxylic acids is 1. The molecule has 0 radical (unpaired) electrons. The van der Waals surface area contributed by atoms with Crippen LogP contribution in [0.25, 0.3) is 10.9 Å². The van der Waals surface area contributed by atoms with Gasteiger partial charge in [0, 0.05) is 24.2 Å². The van der Waals surface area contributed by atoms with Crippen LogP contribution in [0.1, 0.15) is 40.3 Å². The lowest BCUT2D eigenvalue weighted by Gasteiger charge is -2.27. The second-order valence-corrected chi connectivity index (χ2v) is 11.2. The Kier molecular flexibility index (Phi) is 6.93. The maximum absolute atomic E-state index is 13.3. The molecule has 1 aliphatic heterocycles. The molecule has 1 saturated heterocycles. The number of benzene rings is 2. The summed E-state index contributed by atoms with van der Waals surface area (Å²) < 4.78 is 68.8. The number of alkyl halides is 3. The van der Waals surface area contributed by atoms with Crippen molar-refractivity contribution in [3.8, 4) is 5.75 Å². The summed E-state index contributed by atoms with van der Waals surface area (Å²) in [6.45, 7) is 3.49. The zero-order valence-electron chi connectivity index (χ0n) is 20.4. The molecule has 0 aliphatic carbocycles. The second-order valence-electron chi connectivity index (χ2n) is 8.89. The van der Waals surface area contributed by atoms with Gasteiger partial charge < -0.3 is 20.7 Å². The van der Waals surface area contributed by atoms with Crippen LogP contribution in [0.2, 0.25) is 0 Å². The van der Waals surface area contributed by atoms with Crippen LogP contribution in [0.15, 0.2) is 30.3 Å². The van der Waals surface area contributed by atoms with Crippen LogP contribution >= 0.6 is 0 Å². The smallest absolute Gasteiger partial charge is 0.416 e. The molecule has 1 atom stereocenters. The van der Waals surface area contributed by atoms with E-state index >= 15 is 0 Å². The molecular formula is C24H26F3N5O4S. The number of carbonyl (C=O) groups is 1. The summed E-state index contributed by atoms with van der Waals surface area (Å²) in [7, 11) is -1.77. The molecule has 1 aliphatic rings. The van der Waals surface area contributed by atoms with Gasteiger partial charge in [0.2, 0.25) is 0 Å². The first kappa shape index (κ1) is 26.5. The minimum absolute atomic E-state index is 0.0162.